The molecule has 48 valence electrons. The molecule has 0 heterocycles. The molecule has 0 aromatic carbocycles. The van der Waals surface area contributed by atoms with E-state index in [1.807, 2.05) is 13.8 Å². The van der Waals surface area contributed by atoms with Crippen LogP contribution in [0.4, 0.5) is 0 Å². The van der Waals surface area contributed by atoms with Gasteiger partial charge in [0.25, 0.3) is 0 Å². The van der Waals surface area contributed by atoms with Crippen LogP contribution in [0, 0.1) is 5.41 Å². The van der Waals surface area contributed by atoms with Gasteiger partial charge in [-0.3, -0.25) is 0 Å². The standard InChI is InChI=1S/C6H13NO/c1-6(2,5-8)4-7-3/h8H,3-5H2,1-2H3. The number of hydrogen-bond donors (Lipinski definition) is 1. The van der Waals surface area contributed by atoms with Crippen molar-refractivity contribution in [3.63, 3.8) is 0 Å². The van der Waals surface area contributed by atoms with Gasteiger partial charge in [-0.1, -0.05) is 13.8 Å². The Balaban J connectivity index is 3.53. The maximum atomic E-state index is 8.64. The van der Waals surface area contributed by atoms with Crippen LogP contribution in [0.5, 0.6) is 0 Å². The van der Waals surface area contributed by atoms with Crippen LogP contribution < -0.4 is 0 Å². The van der Waals surface area contributed by atoms with Gasteiger partial charge in [-0.25, -0.2) is 0 Å². The summed E-state index contributed by atoms with van der Waals surface area (Å²) in [7, 11) is 0. The summed E-state index contributed by atoms with van der Waals surface area (Å²) in [5.74, 6) is 0. The number of aliphatic imine (C=N–C) groups is 1. The summed E-state index contributed by atoms with van der Waals surface area (Å²) < 4.78 is 0. The largest absolute Gasteiger partial charge is 0.396 e. The average molecular weight is 115 g/mol. The Kier molecular flexibility index (Phi) is 2.69. The van der Waals surface area contributed by atoms with Gasteiger partial charge in [0.2, 0.25) is 0 Å². The summed E-state index contributed by atoms with van der Waals surface area (Å²) in [4.78, 5) is 3.67. The van der Waals surface area contributed by atoms with Crippen LogP contribution in [0.2, 0.25) is 0 Å². The lowest BCUT2D eigenvalue weighted by Crippen LogP contribution is -2.19. The molecule has 0 aromatic rings. The maximum absolute atomic E-state index is 8.64. The summed E-state index contributed by atoms with van der Waals surface area (Å²) >= 11 is 0. The number of aliphatic hydroxyl groups is 1. The van der Waals surface area contributed by atoms with Crippen molar-refractivity contribution in [1.82, 2.24) is 0 Å². The second-order valence-corrected chi connectivity index (χ2v) is 2.70. The van der Waals surface area contributed by atoms with Gasteiger partial charge in [0.1, 0.15) is 0 Å². The first-order valence-electron chi connectivity index (χ1n) is 2.66. The highest BCUT2D eigenvalue weighted by atomic mass is 16.3. The van der Waals surface area contributed by atoms with Crippen molar-refractivity contribution >= 4 is 6.72 Å². The van der Waals surface area contributed by atoms with E-state index in [0.29, 0.717) is 6.54 Å². The molecule has 0 saturated heterocycles. The van der Waals surface area contributed by atoms with E-state index in [2.05, 4.69) is 11.7 Å². The Hall–Kier alpha value is -0.370. The molecule has 0 rings (SSSR count). The molecular formula is C6H13NO. The maximum Gasteiger partial charge on any atom is 0.0499 e. The minimum absolute atomic E-state index is 0.0816. The average Bonchev–Trinajstić information content (AvgIpc) is 1.67. The Labute approximate surface area is 50.3 Å². The summed E-state index contributed by atoms with van der Waals surface area (Å²) in [5, 5.41) is 8.64. The molecular weight excluding hydrogens is 102 g/mol. The molecule has 0 atom stereocenters. The van der Waals surface area contributed by atoms with Gasteiger partial charge in [-0.15, -0.1) is 0 Å². The van der Waals surface area contributed by atoms with Crippen molar-refractivity contribution in [3.05, 3.63) is 0 Å². The van der Waals surface area contributed by atoms with E-state index in [9.17, 15) is 0 Å². The van der Waals surface area contributed by atoms with Crippen LogP contribution >= 0.6 is 0 Å². The quantitative estimate of drug-likeness (QED) is 0.540. The molecule has 0 radical (unpaired) electrons. The molecule has 0 spiro atoms. The molecule has 0 saturated carbocycles. The van der Waals surface area contributed by atoms with E-state index >= 15 is 0 Å². The summed E-state index contributed by atoms with van der Waals surface area (Å²) in [6.07, 6.45) is 0. The van der Waals surface area contributed by atoms with Gasteiger partial charge < -0.3 is 10.1 Å². The normalized spacial score (nSPS) is 11.4. The second-order valence-electron chi connectivity index (χ2n) is 2.70. The van der Waals surface area contributed by atoms with Gasteiger partial charge in [-0.2, -0.15) is 0 Å². The molecule has 0 bridgehead atoms. The number of rotatable bonds is 3. The fraction of sp³-hybridized carbons (Fsp3) is 0.833. The molecule has 2 heteroatoms. The third kappa shape index (κ3) is 2.75. The van der Waals surface area contributed by atoms with Gasteiger partial charge in [-0.05, 0) is 6.72 Å². The summed E-state index contributed by atoms with van der Waals surface area (Å²) in [6.45, 7) is 8.03. The van der Waals surface area contributed by atoms with Gasteiger partial charge >= 0.3 is 0 Å². The zero-order valence-corrected chi connectivity index (χ0v) is 5.52. The predicted molar refractivity (Wildman–Crippen MR) is 35.3 cm³/mol. The predicted octanol–water partition coefficient (Wildman–Crippen LogP) is 0.706. The molecule has 0 aliphatic heterocycles. The van der Waals surface area contributed by atoms with Crippen molar-refractivity contribution in [2.45, 2.75) is 13.8 Å². The SMILES string of the molecule is C=NCC(C)(C)CO. The molecule has 0 aromatic heterocycles. The van der Waals surface area contributed by atoms with Crippen molar-refractivity contribution < 1.29 is 5.11 Å². The van der Waals surface area contributed by atoms with E-state index in [1.165, 1.54) is 0 Å². The Morgan fingerprint density at radius 3 is 2.25 bits per heavy atom. The van der Waals surface area contributed by atoms with Crippen molar-refractivity contribution in [2.75, 3.05) is 13.2 Å². The molecule has 0 unspecified atom stereocenters. The molecule has 0 amide bonds. The molecule has 0 aliphatic carbocycles. The van der Waals surface area contributed by atoms with Gasteiger partial charge in [0.05, 0.1) is 0 Å². The van der Waals surface area contributed by atoms with E-state index in [4.69, 9.17) is 5.11 Å². The van der Waals surface area contributed by atoms with E-state index < -0.39 is 0 Å². The van der Waals surface area contributed by atoms with Crippen LogP contribution in [-0.4, -0.2) is 25.0 Å². The van der Waals surface area contributed by atoms with Gasteiger partial charge in [0, 0.05) is 18.6 Å². The minimum Gasteiger partial charge on any atom is -0.396 e. The summed E-state index contributed by atoms with van der Waals surface area (Å²) in [5.41, 5.74) is -0.0816. The van der Waals surface area contributed by atoms with Crippen molar-refractivity contribution in [2.24, 2.45) is 10.4 Å². The molecule has 0 fully saturated rings. The Morgan fingerprint density at radius 2 is 2.12 bits per heavy atom. The highest BCUT2D eigenvalue weighted by molar-refractivity contribution is 5.23. The smallest absolute Gasteiger partial charge is 0.0499 e. The van der Waals surface area contributed by atoms with Crippen LogP contribution in [0.3, 0.4) is 0 Å². The van der Waals surface area contributed by atoms with Crippen molar-refractivity contribution in [3.8, 4) is 0 Å². The lowest BCUT2D eigenvalue weighted by molar-refractivity contribution is 0.167. The number of aliphatic hydroxyl groups excluding tert-OH is 1. The Morgan fingerprint density at radius 1 is 1.62 bits per heavy atom. The fourth-order valence-corrected chi connectivity index (χ4v) is 0.353. The highest BCUT2D eigenvalue weighted by Crippen LogP contribution is 2.12. The van der Waals surface area contributed by atoms with Crippen LogP contribution in [-0.2, 0) is 0 Å². The second kappa shape index (κ2) is 2.82. The zero-order valence-electron chi connectivity index (χ0n) is 5.52. The van der Waals surface area contributed by atoms with E-state index in [-0.39, 0.29) is 12.0 Å². The third-order valence-corrected chi connectivity index (χ3v) is 0.968. The van der Waals surface area contributed by atoms with E-state index in [0.717, 1.165) is 0 Å². The van der Waals surface area contributed by atoms with Crippen LogP contribution in [0.25, 0.3) is 0 Å². The lowest BCUT2D eigenvalue weighted by atomic mass is 9.95. The monoisotopic (exact) mass is 115 g/mol. The summed E-state index contributed by atoms with van der Waals surface area (Å²) in [6, 6.07) is 0. The third-order valence-electron chi connectivity index (χ3n) is 0.968. The van der Waals surface area contributed by atoms with Crippen molar-refractivity contribution in [1.29, 1.82) is 0 Å². The first-order chi connectivity index (χ1) is 3.62. The molecule has 2 nitrogen and oxygen atoms in total. The first kappa shape index (κ1) is 7.63. The highest BCUT2D eigenvalue weighted by Gasteiger charge is 2.13. The minimum atomic E-state index is -0.0816. The number of hydrogen-bond acceptors (Lipinski definition) is 2. The molecule has 0 aliphatic rings. The molecule has 8 heavy (non-hydrogen) atoms. The molecule has 1 N–H and O–H groups in total. The van der Waals surface area contributed by atoms with Crippen LogP contribution in [0.15, 0.2) is 4.99 Å². The topological polar surface area (TPSA) is 32.6 Å². The van der Waals surface area contributed by atoms with E-state index in [1.54, 1.807) is 0 Å². The Bertz CT molecular complexity index is 78.6. The zero-order chi connectivity index (χ0) is 6.62. The lowest BCUT2D eigenvalue weighted by Gasteiger charge is -2.17. The first-order valence-corrected chi connectivity index (χ1v) is 2.66. The van der Waals surface area contributed by atoms with Crippen LogP contribution in [0.1, 0.15) is 13.8 Å². The number of nitrogens with zero attached hydrogens (tertiary/aromatic N) is 1. The fourth-order valence-electron chi connectivity index (χ4n) is 0.353. The van der Waals surface area contributed by atoms with Gasteiger partial charge in [0.15, 0.2) is 0 Å².